The Morgan fingerprint density at radius 3 is 2.45 bits per heavy atom. The van der Waals surface area contributed by atoms with E-state index in [0.717, 1.165) is 5.69 Å². The third-order valence-electron chi connectivity index (χ3n) is 2.47. The molecule has 112 valence electrons. The van der Waals surface area contributed by atoms with Crippen molar-refractivity contribution in [1.82, 2.24) is 10.4 Å². The fraction of sp³-hybridized carbons (Fsp3) is 0. The van der Waals surface area contributed by atoms with Crippen LogP contribution >= 0.6 is 47.0 Å². The summed E-state index contributed by atoms with van der Waals surface area (Å²) in [6, 6.07) is 11.2. The SMILES string of the molecule is N#Cc1c(Cl)nc(NNC(=S)Nc2ccccc2)c(Cl)c1Cl. The summed E-state index contributed by atoms with van der Waals surface area (Å²) in [5.41, 5.74) is 6.23. The predicted octanol–water partition coefficient (Wildman–Crippen LogP) is 4.23. The predicted molar refractivity (Wildman–Crippen MR) is 93.4 cm³/mol. The van der Waals surface area contributed by atoms with Gasteiger partial charge >= 0.3 is 0 Å². The van der Waals surface area contributed by atoms with Crippen molar-refractivity contribution in [2.45, 2.75) is 0 Å². The van der Waals surface area contributed by atoms with E-state index in [4.69, 9.17) is 52.3 Å². The first-order chi connectivity index (χ1) is 10.5. The molecule has 5 nitrogen and oxygen atoms in total. The normalized spacial score (nSPS) is 9.73. The number of anilines is 2. The molecule has 0 aliphatic heterocycles. The van der Waals surface area contributed by atoms with Crippen molar-refractivity contribution in [3.8, 4) is 6.07 Å². The number of hydrazine groups is 1. The molecule has 2 aromatic rings. The van der Waals surface area contributed by atoms with Crippen LogP contribution in [-0.4, -0.2) is 10.1 Å². The largest absolute Gasteiger partial charge is 0.331 e. The van der Waals surface area contributed by atoms with Crippen molar-refractivity contribution in [2.24, 2.45) is 0 Å². The molecule has 1 aromatic carbocycles. The first-order valence-electron chi connectivity index (χ1n) is 5.85. The van der Waals surface area contributed by atoms with Crippen LogP contribution < -0.4 is 16.2 Å². The second-order valence-corrected chi connectivity index (χ2v) is 5.46. The second-order valence-electron chi connectivity index (χ2n) is 3.94. The van der Waals surface area contributed by atoms with E-state index in [2.05, 4.69) is 21.2 Å². The lowest BCUT2D eigenvalue weighted by molar-refractivity contribution is 1.09. The summed E-state index contributed by atoms with van der Waals surface area (Å²) in [5, 5.41) is 12.2. The van der Waals surface area contributed by atoms with Crippen LogP contribution in [0.4, 0.5) is 11.5 Å². The lowest BCUT2D eigenvalue weighted by atomic mass is 10.3. The van der Waals surface area contributed by atoms with Crippen LogP contribution in [0.1, 0.15) is 5.56 Å². The highest BCUT2D eigenvalue weighted by molar-refractivity contribution is 7.80. The lowest BCUT2D eigenvalue weighted by Gasteiger charge is -2.14. The van der Waals surface area contributed by atoms with E-state index < -0.39 is 0 Å². The molecule has 0 saturated carbocycles. The molecule has 9 heteroatoms. The molecule has 0 atom stereocenters. The molecule has 2 rings (SSSR count). The van der Waals surface area contributed by atoms with Crippen LogP contribution in [0, 0.1) is 11.3 Å². The number of halogens is 3. The van der Waals surface area contributed by atoms with Gasteiger partial charge in [0.15, 0.2) is 16.1 Å². The van der Waals surface area contributed by atoms with Crippen molar-refractivity contribution >= 4 is 63.6 Å². The van der Waals surface area contributed by atoms with Crippen LogP contribution in [0.2, 0.25) is 15.2 Å². The van der Waals surface area contributed by atoms with Crippen molar-refractivity contribution in [1.29, 1.82) is 5.26 Å². The summed E-state index contributed by atoms with van der Waals surface area (Å²) < 4.78 is 0. The Hall–Kier alpha value is -1.78. The summed E-state index contributed by atoms with van der Waals surface area (Å²) in [6.07, 6.45) is 0. The Kier molecular flexibility index (Phi) is 5.63. The highest BCUT2D eigenvalue weighted by atomic mass is 35.5. The van der Waals surface area contributed by atoms with Crippen molar-refractivity contribution in [2.75, 3.05) is 10.7 Å². The van der Waals surface area contributed by atoms with E-state index >= 15 is 0 Å². The van der Waals surface area contributed by atoms with Gasteiger partial charge in [0, 0.05) is 5.69 Å². The first-order valence-corrected chi connectivity index (χ1v) is 7.39. The van der Waals surface area contributed by atoms with Crippen LogP contribution in [0.5, 0.6) is 0 Å². The zero-order valence-corrected chi connectivity index (χ0v) is 13.9. The van der Waals surface area contributed by atoms with E-state index in [-0.39, 0.29) is 26.6 Å². The van der Waals surface area contributed by atoms with E-state index in [0.29, 0.717) is 5.11 Å². The third kappa shape index (κ3) is 3.90. The topological polar surface area (TPSA) is 72.8 Å². The van der Waals surface area contributed by atoms with Gasteiger partial charge in [0.2, 0.25) is 0 Å². The molecular formula is C13H8Cl3N5S. The highest BCUT2D eigenvalue weighted by Crippen LogP contribution is 2.34. The second kappa shape index (κ2) is 7.47. The fourth-order valence-corrected chi connectivity index (χ4v) is 2.33. The summed E-state index contributed by atoms with van der Waals surface area (Å²) >= 11 is 23.0. The molecule has 1 aromatic heterocycles. The minimum absolute atomic E-state index is 0.0175. The molecule has 0 amide bonds. The molecule has 0 bridgehead atoms. The standard InChI is InChI=1S/C13H8Cl3N5S/c14-9-8(6-17)11(16)19-12(10(9)15)20-21-13(22)18-7-4-2-1-3-5-7/h1-5H,(H,19,20)(H2,18,21,22). The Morgan fingerprint density at radius 1 is 1.14 bits per heavy atom. The molecule has 0 radical (unpaired) electrons. The number of rotatable bonds is 3. The van der Waals surface area contributed by atoms with Gasteiger partial charge in [0.1, 0.15) is 16.7 Å². The molecule has 1 heterocycles. The number of aromatic nitrogens is 1. The van der Waals surface area contributed by atoms with Gasteiger partial charge in [-0.2, -0.15) is 5.26 Å². The first kappa shape index (κ1) is 16.6. The van der Waals surface area contributed by atoms with E-state index in [1.165, 1.54) is 0 Å². The van der Waals surface area contributed by atoms with Gasteiger partial charge in [-0.3, -0.25) is 10.9 Å². The maximum atomic E-state index is 8.91. The fourth-order valence-electron chi connectivity index (χ4n) is 1.49. The van der Waals surface area contributed by atoms with Gasteiger partial charge in [-0.15, -0.1) is 0 Å². The lowest BCUT2D eigenvalue weighted by Crippen LogP contribution is -2.33. The maximum Gasteiger partial charge on any atom is 0.189 e. The van der Waals surface area contributed by atoms with Gasteiger partial charge < -0.3 is 5.32 Å². The number of para-hydroxylation sites is 1. The molecule has 0 fully saturated rings. The van der Waals surface area contributed by atoms with Crippen LogP contribution in [0.25, 0.3) is 0 Å². The number of nitrogens with zero attached hydrogens (tertiary/aromatic N) is 2. The Labute approximate surface area is 147 Å². The Balaban J connectivity index is 2.06. The van der Waals surface area contributed by atoms with Crippen molar-refractivity contribution in [3.63, 3.8) is 0 Å². The van der Waals surface area contributed by atoms with Gasteiger partial charge in [0.05, 0.1) is 5.02 Å². The molecule has 0 saturated heterocycles. The smallest absolute Gasteiger partial charge is 0.189 e. The third-order valence-corrected chi connectivity index (χ3v) is 3.79. The van der Waals surface area contributed by atoms with Crippen LogP contribution in [0.3, 0.4) is 0 Å². The van der Waals surface area contributed by atoms with E-state index in [1.54, 1.807) is 0 Å². The number of hydrogen-bond acceptors (Lipinski definition) is 4. The molecule has 0 unspecified atom stereocenters. The van der Waals surface area contributed by atoms with E-state index in [9.17, 15) is 0 Å². The van der Waals surface area contributed by atoms with Gasteiger partial charge in [-0.1, -0.05) is 53.0 Å². The van der Waals surface area contributed by atoms with Gasteiger partial charge in [-0.05, 0) is 24.4 Å². The summed E-state index contributed by atoms with van der Waals surface area (Å²) in [4.78, 5) is 3.95. The minimum Gasteiger partial charge on any atom is -0.331 e. The average molecular weight is 373 g/mol. The maximum absolute atomic E-state index is 8.91. The Bertz CT molecular complexity index is 746. The molecule has 22 heavy (non-hydrogen) atoms. The molecule has 3 N–H and O–H groups in total. The summed E-state index contributed by atoms with van der Waals surface area (Å²) in [7, 11) is 0. The molecule has 0 aliphatic carbocycles. The number of hydrogen-bond donors (Lipinski definition) is 3. The number of pyridine rings is 1. The van der Waals surface area contributed by atoms with Crippen molar-refractivity contribution < 1.29 is 0 Å². The molecule has 0 spiro atoms. The highest BCUT2D eigenvalue weighted by Gasteiger charge is 2.16. The molecular weight excluding hydrogens is 365 g/mol. The van der Waals surface area contributed by atoms with E-state index in [1.807, 2.05) is 36.4 Å². The zero-order valence-electron chi connectivity index (χ0n) is 10.8. The minimum atomic E-state index is -0.0527. The number of benzene rings is 1. The summed E-state index contributed by atoms with van der Waals surface area (Å²) in [6.45, 7) is 0. The average Bonchev–Trinajstić information content (AvgIpc) is 2.51. The monoisotopic (exact) mass is 371 g/mol. The number of nitriles is 1. The zero-order chi connectivity index (χ0) is 16.1. The summed E-state index contributed by atoms with van der Waals surface area (Å²) in [5.74, 6) is 0.160. The quantitative estimate of drug-likeness (QED) is 0.425. The number of thiocarbonyl (C=S) groups is 1. The van der Waals surface area contributed by atoms with Gasteiger partial charge in [0.25, 0.3) is 0 Å². The van der Waals surface area contributed by atoms with Crippen LogP contribution in [-0.2, 0) is 0 Å². The Morgan fingerprint density at radius 2 is 1.82 bits per heavy atom. The number of nitrogens with one attached hydrogen (secondary N) is 3. The van der Waals surface area contributed by atoms with Gasteiger partial charge in [-0.25, -0.2) is 4.98 Å². The van der Waals surface area contributed by atoms with Crippen LogP contribution in [0.15, 0.2) is 30.3 Å². The van der Waals surface area contributed by atoms with Crippen molar-refractivity contribution in [3.05, 3.63) is 51.1 Å². The molecule has 0 aliphatic rings.